The molecule has 1 amide bonds. The molecule has 1 aliphatic rings. The summed E-state index contributed by atoms with van der Waals surface area (Å²) in [6.07, 6.45) is 3.44. The lowest BCUT2D eigenvalue weighted by Gasteiger charge is -2.34. The summed E-state index contributed by atoms with van der Waals surface area (Å²) in [5.74, 6) is 0.0365. The number of carbonyl (C=O) groups is 1. The number of benzene rings is 1. The summed E-state index contributed by atoms with van der Waals surface area (Å²) < 4.78 is 22.1. The Morgan fingerprint density at radius 1 is 1.21 bits per heavy atom. The molecule has 9 heteroatoms. The van der Waals surface area contributed by atoms with Crippen LogP contribution >= 0.6 is 0 Å². The van der Waals surface area contributed by atoms with Gasteiger partial charge in [0, 0.05) is 58.6 Å². The van der Waals surface area contributed by atoms with Gasteiger partial charge >= 0.3 is 0 Å². The molecule has 0 aliphatic carbocycles. The molecule has 3 heterocycles. The molecule has 0 unspecified atom stereocenters. The minimum atomic E-state index is -0.274. The second kappa shape index (κ2) is 7.59. The number of amides is 1. The van der Waals surface area contributed by atoms with E-state index in [0.29, 0.717) is 30.0 Å². The van der Waals surface area contributed by atoms with Crippen LogP contribution in [0.25, 0.3) is 11.0 Å². The van der Waals surface area contributed by atoms with E-state index in [4.69, 9.17) is 4.74 Å². The molecule has 4 rings (SSSR count). The van der Waals surface area contributed by atoms with Crippen molar-refractivity contribution in [3.63, 3.8) is 0 Å². The molecule has 0 N–H and O–H groups in total. The maximum atomic E-state index is 13.3. The highest BCUT2D eigenvalue weighted by molar-refractivity contribution is 5.96. The normalized spacial score (nSPS) is 15.3. The van der Waals surface area contributed by atoms with Crippen LogP contribution in [0.5, 0.6) is 5.88 Å². The minimum absolute atomic E-state index is 0.0489. The molecule has 3 aromatic rings. The van der Waals surface area contributed by atoms with E-state index in [9.17, 15) is 9.18 Å². The molecule has 1 aliphatic heterocycles. The zero-order chi connectivity index (χ0) is 19.7. The van der Waals surface area contributed by atoms with Crippen molar-refractivity contribution >= 4 is 16.9 Å². The van der Waals surface area contributed by atoms with Crippen LogP contribution in [0.3, 0.4) is 0 Å². The van der Waals surface area contributed by atoms with Gasteiger partial charge in [-0.25, -0.2) is 9.37 Å². The van der Waals surface area contributed by atoms with E-state index in [1.165, 1.54) is 19.2 Å². The van der Waals surface area contributed by atoms with Gasteiger partial charge in [0.2, 0.25) is 5.88 Å². The standard InChI is InChI=1S/C19H23FN6O2/c1-23-12-15(18(22-23)28-2)19(27)25-8-5-24(6-9-25)7-10-26-13-21-16-11-14(20)3-4-17(16)26/h3-4,11-13H,5-10H2,1-2H3. The molecular formula is C19H23FN6O2. The first kappa shape index (κ1) is 18.4. The second-order valence-electron chi connectivity index (χ2n) is 6.93. The first-order chi connectivity index (χ1) is 13.5. The first-order valence-corrected chi connectivity index (χ1v) is 9.25. The Morgan fingerprint density at radius 3 is 2.75 bits per heavy atom. The first-order valence-electron chi connectivity index (χ1n) is 9.25. The number of nitrogens with zero attached hydrogens (tertiary/aromatic N) is 6. The van der Waals surface area contributed by atoms with Crippen molar-refractivity contribution in [1.82, 2.24) is 29.1 Å². The maximum Gasteiger partial charge on any atom is 0.261 e. The van der Waals surface area contributed by atoms with Gasteiger partial charge in [0.1, 0.15) is 11.4 Å². The highest BCUT2D eigenvalue weighted by Gasteiger charge is 2.26. The quantitative estimate of drug-likeness (QED) is 0.663. The fourth-order valence-electron chi connectivity index (χ4n) is 3.57. The summed E-state index contributed by atoms with van der Waals surface area (Å²) in [6.45, 7) is 4.54. The number of methoxy groups -OCH3 is 1. The topological polar surface area (TPSA) is 68.4 Å². The van der Waals surface area contributed by atoms with Crippen molar-refractivity contribution in [2.24, 2.45) is 7.05 Å². The third kappa shape index (κ3) is 3.57. The van der Waals surface area contributed by atoms with Crippen LogP contribution in [0.1, 0.15) is 10.4 Å². The molecule has 148 valence electrons. The number of rotatable bonds is 5. The Bertz CT molecular complexity index is 990. The van der Waals surface area contributed by atoms with Gasteiger partial charge in [0.15, 0.2) is 0 Å². The van der Waals surface area contributed by atoms with E-state index >= 15 is 0 Å². The van der Waals surface area contributed by atoms with Gasteiger partial charge in [-0.2, -0.15) is 0 Å². The fourth-order valence-corrected chi connectivity index (χ4v) is 3.57. The van der Waals surface area contributed by atoms with E-state index in [1.54, 1.807) is 30.3 Å². The number of ether oxygens (including phenoxy) is 1. The summed E-state index contributed by atoms with van der Waals surface area (Å²) in [7, 11) is 3.29. The Morgan fingerprint density at radius 2 is 2.00 bits per heavy atom. The van der Waals surface area contributed by atoms with Gasteiger partial charge in [-0.1, -0.05) is 0 Å². The van der Waals surface area contributed by atoms with Crippen LogP contribution in [-0.4, -0.2) is 74.9 Å². The molecule has 0 bridgehead atoms. The SMILES string of the molecule is COc1nn(C)cc1C(=O)N1CCN(CCn2cnc3cc(F)ccc32)CC1. The molecule has 2 aromatic heterocycles. The summed E-state index contributed by atoms with van der Waals surface area (Å²) in [5, 5.41) is 4.15. The lowest BCUT2D eigenvalue weighted by molar-refractivity contribution is 0.0630. The number of aromatic nitrogens is 4. The highest BCUT2D eigenvalue weighted by Crippen LogP contribution is 2.19. The number of halogens is 1. The van der Waals surface area contributed by atoms with E-state index in [-0.39, 0.29) is 11.7 Å². The number of hydrogen-bond acceptors (Lipinski definition) is 5. The van der Waals surface area contributed by atoms with Crippen molar-refractivity contribution < 1.29 is 13.9 Å². The molecular weight excluding hydrogens is 363 g/mol. The molecule has 1 aromatic carbocycles. The number of piperazine rings is 1. The van der Waals surface area contributed by atoms with Crippen molar-refractivity contribution in [2.75, 3.05) is 39.8 Å². The molecule has 0 saturated carbocycles. The van der Waals surface area contributed by atoms with E-state index in [1.807, 2.05) is 9.47 Å². The Balaban J connectivity index is 1.33. The smallest absolute Gasteiger partial charge is 0.261 e. The van der Waals surface area contributed by atoms with Gasteiger partial charge < -0.3 is 14.2 Å². The van der Waals surface area contributed by atoms with Gasteiger partial charge in [0.25, 0.3) is 5.91 Å². The summed E-state index contributed by atoms with van der Waals surface area (Å²) >= 11 is 0. The number of fused-ring (bicyclic) bond motifs is 1. The van der Waals surface area contributed by atoms with Crippen molar-refractivity contribution in [3.05, 3.63) is 42.1 Å². The lowest BCUT2D eigenvalue weighted by atomic mass is 10.2. The summed E-state index contributed by atoms with van der Waals surface area (Å²) in [6, 6.07) is 4.66. The van der Waals surface area contributed by atoms with Gasteiger partial charge in [-0.3, -0.25) is 14.4 Å². The molecule has 0 spiro atoms. The molecule has 8 nitrogen and oxygen atoms in total. The second-order valence-corrected chi connectivity index (χ2v) is 6.93. The van der Waals surface area contributed by atoms with Gasteiger partial charge in [0.05, 0.1) is 24.5 Å². The predicted molar refractivity (Wildman–Crippen MR) is 102 cm³/mol. The largest absolute Gasteiger partial charge is 0.479 e. The van der Waals surface area contributed by atoms with Crippen LogP contribution in [0.2, 0.25) is 0 Å². The number of hydrogen-bond donors (Lipinski definition) is 0. The average molecular weight is 386 g/mol. The monoisotopic (exact) mass is 386 g/mol. The van der Waals surface area contributed by atoms with Crippen molar-refractivity contribution in [2.45, 2.75) is 6.54 Å². The molecule has 28 heavy (non-hydrogen) atoms. The number of imidazole rings is 1. The lowest BCUT2D eigenvalue weighted by Crippen LogP contribution is -2.49. The predicted octanol–water partition coefficient (Wildman–Crippen LogP) is 1.38. The average Bonchev–Trinajstić information content (AvgIpc) is 3.28. The molecule has 0 radical (unpaired) electrons. The Labute approximate surface area is 162 Å². The maximum absolute atomic E-state index is 13.3. The van der Waals surface area contributed by atoms with Crippen LogP contribution in [0.4, 0.5) is 4.39 Å². The molecule has 0 atom stereocenters. The number of aryl methyl sites for hydroxylation is 1. The minimum Gasteiger partial charge on any atom is -0.479 e. The molecule has 1 fully saturated rings. The van der Waals surface area contributed by atoms with Crippen LogP contribution in [-0.2, 0) is 13.6 Å². The zero-order valence-corrected chi connectivity index (χ0v) is 16.0. The fraction of sp³-hybridized carbons (Fsp3) is 0.421. The van der Waals surface area contributed by atoms with E-state index in [0.717, 1.165) is 31.7 Å². The summed E-state index contributed by atoms with van der Waals surface area (Å²) in [4.78, 5) is 21.2. The van der Waals surface area contributed by atoms with Crippen LogP contribution < -0.4 is 4.74 Å². The zero-order valence-electron chi connectivity index (χ0n) is 16.0. The third-order valence-corrected chi connectivity index (χ3v) is 5.12. The number of carbonyl (C=O) groups excluding carboxylic acids is 1. The van der Waals surface area contributed by atoms with Crippen LogP contribution in [0, 0.1) is 5.82 Å². The van der Waals surface area contributed by atoms with Gasteiger partial charge in [-0.05, 0) is 12.1 Å². The van der Waals surface area contributed by atoms with Crippen molar-refractivity contribution in [3.8, 4) is 5.88 Å². The Hall–Kier alpha value is -2.94. The van der Waals surface area contributed by atoms with E-state index < -0.39 is 0 Å². The third-order valence-electron chi connectivity index (χ3n) is 5.12. The van der Waals surface area contributed by atoms with E-state index in [2.05, 4.69) is 15.0 Å². The van der Waals surface area contributed by atoms with Crippen molar-refractivity contribution in [1.29, 1.82) is 0 Å². The van der Waals surface area contributed by atoms with Crippen LogP contribution in [0.15, 0.2) is 30.7 Å². The molecule has 1 saturated heterocycles. The Kier molecular flexibility index (Phi) is 4.99. The summed E-state index contributed by atoms with van der Waals surface area (Å²) in [5.41, 5.74) is 2.09. The van der Waals surface area contributed by atoms with Gasteiger partial charge in [-0.15, -0.1) is 5.10 Å². The highest BCUT2D eigenvalue weighted by atomic mass is 19.1.